The van der Waals surface area contributed by atoms with E-state index in [-0.39, 0.29) is 52.1 Å². The van der Waals surface area contributed by atoms with Gasteiger partial charge in [0.2, 0.25) is 5.88 Å². The molecule has 0 aliphatic heterocycles. The van der Waals surface area contributed by atoms with Crippen molar-refractivity contribution in [2.24, 2.45) is 0 Å². The summed E-state index contributed by atoms with van der Waals surface area (Å²) in [7, 11) is 0. The Bertz CT molecular complexity index is 1340. The SMILES string of the molecule is O=C(c1c(-c2cc(C(F)(F)F)cc(C(F)(F)F)c2)nn(-c2cc(F)cc(C(F)(F)F)c2)c1O)C(F)(F)F.[Mn]. The first-order valence-corrected chi connectivity index (χ1v) is 9.22. The van der Waals surface area contributed by atoms with Crippen LogP contribution >= 0.6 is 0 Å². The third kappa shape index (κ3) is 6.23. The van der Waals surface area contributed by atoms with Gasteiger partial charge in [0, 0.05) is 22.6 Å². The molecule has 0 bridgehead atoms. The minimum atomic E-state index is -5.88. The van der Waals surface area contributed by atoms with Gasteiger partial charge in [-0.2, -0.15) is 62.5 Å². The van der Waals surface area contributed by atoms with Gasteiger partial charge in [-0.15, -0.1) is 0 Å². The Balaban J connectivity index is 0.00000507. The Hall–Kier alpha value is -3.27. The molecule has 207 valence electrons. The summed E-state index contributed by atoms with van der Waals surface area (Å²) in [4.78, 5) is 11.9. The average Bonchev–Trinajstić information content (AvgIpc) is 3.06. The zero-order valence-corrected chi connectivity index (χ0v) is 18.7. The molecule has 0 aliphatic carbocycles. The number of nitrogens with zero attached hydrogens (tertiary/aromatic N) is 2. The molecule has 0 saturated heterocycles. The molecule has 1 heterocycles. The van der Waals surface area contributed by atoms with Crippen LogP contribution in [-0.4, -0.2) is 26.8 Å². The van der Waals surface area contributed by atoms with Gasteiger partial charge < -0.3 is 5.11 Å². The Morgan fingerprint density at radius 2 is 1.16 bits per heavy atom. The summed E-state index contributed by atoms with van der Waals surface area (Å²) in [5.41, 5.74) is -12.0. The Morgan fingerprint density at radius 1 is 0.711 bits per heavy atom. The van der Waals surface area contributed by atoms with Gasteiger partial charge in [-0.25, -0.2) is 4.39 Å². The zero-order chi connectivity index (χ0) is 28.3. The van der Waals surface area contributed by atoms with Crippen LogP contribution < -0.4 is 0 Å². The maximum absolute atomic E-state index is 13.8. The summed E-state index contributed by atoms with van der Waals surface area (Å²) in [5, 5.41) is 13.4. The zero-order valence-electron chi connectivity index (χ0n) is 17.5. The minimum Gasteiger partial charge on any atom is -0.493 e. The first-order valence-electron chi connectivity index (χ1n) is 9.22. The normalized spacial score (nSPS) is 12.9. The fourth-order valence-corrected chi connectivity index (χ4v) is 3.09. The molecule has 38 heavy (non-hydrogen) atoms. The van der Waals surface area contributed by atoms with Gasteiger partial charge in [-0.1, -0.05) is 0 Å². The molecular weight excluding hydrogens is 602 g/mol. The molecule has 0 saturated carbocycles. The van der Waals surface area contributed by atoms with E-state index in [0.29, 0.717) is 0 Å². The van der Waals surface area contributed by atoms with Crippen molar-refractivity contribution in [3.05, 3.63) is 64.5 Å². The predicted molar refractivity (Wildman–Crippen MR) is 96.0 cm³/mol. The van der Waals surface area contributed by atoms with Crippen molar-refractivity contribution in [1.82, 2.24) is 9.78 Å². The molecule has 3 aromatic rings. The smallest absolute Gasteiger partial charge is 0.455 e. The van der Waals surface area contributed by atoms with Gasteiger partial charge in [0.15, 0.2) is 0 Å². The molecular formula is C20H7F13MnN2O2. The van der Waals surface area contributed by atoms with Crippen molar-refractivity contribution in [1.29, 1.82) is 0 Å². The summed E-state index contributed by atoms with van der Waals surface area (Å²) in [6.45, 7) is 0. The molecule has 2 aromatic carbocycles. The van der Waals surface area contributed by atoms with Crippen LogP contribution in [0, 0.1) is 5.82 Å². The second-order valence-corrected chi connectivity index (χ2v) is 7.28. The van der Waals surface area contributed by atoms with Gasteiger partial charge in [0.1, 0.15) is 17.1 Å². The molecule has 0 amide bonds. The molecule has 1 N–H and O–H groups in total. The number of hydrogen-bond acceptors (Lipinski definition) is 3. The molecule has 0 aliphatic rings. The van der Waals surface area contributed by atoms with Crippen molar-refractivity contribution >= 4 is 5.78 Å². The van der Waals surface area contributed by atoms with Crippen LogP contribution in [0.1, 0.15) is 27.0 Å². The standard InChI is InChI=1S/C20H7F13N2O2.Mn/c21-11-4-10(19(28,29)30)5-12(6-11)35-16(37)13(15(36)20(31,32)33)14(34-35)7-1-8(17(22,23)24)3-9(2-7)18(25,26)27;/h1-6,37H;. The number of alkyl halides is 12. The molecule has 1 aromatic heterocycles. The topological polar surface area (TPSA) is 55.1 Å². The van der Waals surface area contributed by atoms with E-state index in [1.165, 1.54) is 0 Å². The van der Waals surface area contributed by atoms with Crippen LogP contribution in [0.5, 0.6) is 5.88 Å². The van der Waals surface area contributed by atoms with Gasteiger partial charge in [0.25, 0.3) is 5.78 Å². The number of ketones is 1. The Morgan fingerprint density at radius 3 is 1.58 bits per heavy atom. The van der Waals surface area contributed by atoms with E-state index in [2.05, 4.69) is 5.10 Å². The summed E-state index contributed by atoms with van der Waals surface area (Å²) < 4.78 is 171. The van der Waals surface area contributed by atoms with Crippen molar-refractivity contribution < 1.29 is 84.0 Å². The van der Waals surface area contributed by atoms with Crippen LogP contribution in [0.2, 0.25) is 0 Å². The molecule has 1 radical (unpaired) electrons. The first-order chi connectivity index (χ1) is 16.6. The number of halogens is 13. The monoisotopic (exact) mass is 609 g/mol. The molecule has 0 fully saturated rings. The van der Waals surface area contributed by atoms with Gasteiger partial charge in [-0.05, 0) is 36.4 Å². The van der Waals surface area contributed by atoms with E-state index in [4.69, 9.17) is 0 Å². The van der Waals surface area contributed by atoms with Gasteiger partial charge in [-0.3, -0.25) is 4.79 Å². The fraction of sp³-hybridized carbons (Fsp3) is 0.200. The number of benzene rings is 2. The van der Waals surface area contributed by atoms with E-state index >= 15 is 0 Å². The largest absolute Gasteiger partial charge is 0.493 e. The summed E-state index contributed by atoms with van der Waals surface area (Å²) >= 11 is 0. The number of aromatic nitrogens is 2. The number of rotatable bonds is 3. The van der Waals surface area contributed by atoms with Crippen LogP contribution in [0.15, 0.2) is 36.4 Å². The summed E-state index contributed by atoms with van der Waals surface area (Å²) in [5.74, 6) is -6.60. The number of Topliss-reactive ketones (excluding diaryl/α,β-unsaturated/α-hetero) is 1. The maximum atomic E-state index is 13.8. The predicted octanol–water partition coefficient (Wildman–Crippen LogP) is 7.18. The van der Waals surface area contributed by atoms with Crippen LogP contribution in [0.25, 0.3) is 16.9 Å². The van der Waals surface area contributed by atoms with Crippen molar-refractivity contribution in [2.45, 2.75) is 24.7 Å². The van der Waals surface area contributed by atoms with E-state index in [9.17, 15) is 67.0 Å². The first kappa shape index (κ1) is 31.0. The Kier molecular flexibility index (Phi) is 7.98. The van der Waals surface area contributed by atoms with Crippen LogP contribution in [0.3, 0.4) is 0 Å². The number of carbonyl (C=O) groups excluding carboxylic acids is 1. The summed E-state index contributed by atoms with van der Waals surface area (Å²) in [6, 6.07) is -0.457. The number of hydrogen-bond donors (Lipinski definition) is 1. The quantitative estimate of drug-likeness (QED) is 0.195. The van der Waals surface area contributed by atoms with Crippen LogP contribution in [-0.2, 0) is 35.6 Å². The third-order valence-electron chi connectivity index (χ3n) is 4.66. The molecule has 0 unspecified atom stereocenters. The van der Waals surface area contributed by atoms with Crippen LogP contribution in [0.4, 0.5) is 57.1 Å². The minimum absolute atomic E-state index is 0. The van der Waals surface area contributed by atoms with Gasteiger partial charge in [0.05, 0.1) is 22.4 Å². The second-order valence-electron chi connectivity index (χ2n) is 7.28. The second kappa shape index (κ2) is 9.80. The summed E-state index contributed by atoms with van der Waals surface area (Å²) in [6.07, 6.45) is -22.1. The molecule has 4 nitrogen and oxygen atoms in total. The van der Waals surface area contributed by atoms with Gasteiger partial charge >= 0.3 is 24.7 Å². The molecule has 3 rings (SSSR count). The van der Waals surface area contributed by atoms with Crippen molar-refractivity contribution in [3.8, 4) is 22.8 Å². The van der Waals surface area contributed by atoms with E-state index < -0.39 is 87.5 Å². The van der Waals surface area contributed by atoms with E-state index in [1.807, 2.05) is 0 Å². The van der Waals surface area contributed by atoms with E-state index in [0.717, 1.165) is 0 Å². The third-order valence-corrected chi connectivity index (χ3v) is 4.66. The van der Waals surface area contributed by atoms with E-state index in [1.54, 1.807) is 0 Å². The molecule has 18 heteroatoms. The average molecular weight is 609 g/mol. The maximum Gasteiger partial charge on any atom is 0.455 e. The fourth-order valence-electron chi connectivity index (χ4n) is 3.09. The number of carbonyl (C=O) groups is 1. The number of aromatic hydroxyl groups is 1. The van der Waals surface area contributed by atoms with Crippen molar-refractivity contribution in [3.63, 3.8) is 0 Å². The molecule has 0 spiro atoms. The Labute approximate surface area is 212 Å². The molecule has 0 atom stereocenters. The van der Waals surface area contributed by atoms with Crippen molar-refractivity contribution in [2.75, 3.05) is 0 Å².